The molecule has 0 aliphatic rings. The monoisotopic (exact) mass is 434 g/mol. The number of thioether (sulfide) groups is 1. The molecule has 1 aromatic carbocycles. The molecular weight excluding hydrogens is 424 g/mol. The lowest BCUT2D eigenvalue weighted by atomic mass is 10.2. The highest BCUT2D eigenvalue weighted by atomic mass is 79.9. The molecule has 9 heteroatoms. The minimum absolute atomic E-state index is 0.0690. The standard InChI is InChI=1S/C16H11BrN4O2S2/c1-9-7-24-15-18-12(6-13(22)21(9)15)8-25-16-20-19-14(23-16)10-2-4-11(17)5-3-10/h2-7H,8H2,1H3. The van der Waals surface area contributed by atoms with Gasteiger partial charge in [0.15, 0.2) is 4.96 Å². The van der Waals surface area contributed by atoms with Crippen molar-refractivity contribution in [3.05, 3.63) is 61.9 Å². The molecule has 0 fully saturated rings. The quantitative estimate of drug-likeness (QED) is 0.448. The third-order valence-electron chi connectivity index (χ3n) is 3.47. The summed E-state index contributed by atoms with van der Waals surface area (Å²) in [5, 5.41) is 10.5. The van der Waals surface area contributed by atoms with Crippen molar-refractivity contribution in [1.29, 1.82) is 0 Å². The van der Waals surface area contributed by atoms with Crippen molar-refractivity contribution < 1.29 is 4.42 Å². The molecule has 6 nitrogen and oxygen atoms in total. The first kappa shape index (κ1) is 16.5. The SMILES string of the molecule is Cc1csc2nc(CSc3nnc(-c4ccc(Br)cc4)o3)cc(=O)n12. The van der Waals surface area contributed by atoms with E-state index < -0.39 is 0 Å². The average Bonchev–Trinajstić information content (AvgIpc) is 3.21. The summed E-state index contributed by atoms with van der Waals surface area (Å²) in [6.07, 6.45) is 0. The van der Waals surface area contributed by atoms with E-state index in [4.69, 9.17) is 4.42 Å². The van der Waals surface area contributed by atoms with Gasteiger partial charge in [-0.3, -0.25) is 9.20 Å². The van der Waals surface area contributed by atoms with Crippen LogP contribution in [0.15, 0.2) is 54.6 Å². The number of aromatic nitrogens is 4. The Morgan fingerprint density at radius 1 is 1.28 bits per heavy atom. The van der Waals surface area contributed by atoms with Gasteiger partial charge < -0.3 is 4.42 Å². The second-order valence-electron chi connectivity index (χ2n) is 5.25. The van der Waals surface area contributed by atoms with Crippen LogP contribution < -0.4 is 5.56 Å². The summed E-state index contributed by atoms with van der Waals surface area (Å²) in [5.74, 6) is 0.956. The molecule has 0 atom stereocenters. The van der Waals surface area contributed by atoms with Crippen molar-refractivity contribution in [3.63, 3.8) is 0 Å². The van der Waals surface area contributed by atoms with Crippen LogP contribution in [0.1, 0.15) is 11.4 Å². The summed E-state index contributed by atoms with van der Waals surface area (Å²) >= 11 is 6.21. The fourth-order valence-corrected chi connectivity index (χ4v) is 4.10. The summed E-state index contributed by atoms with van der Waals surface area (Å²) in [6, 6.07) is 9.19. The predicted octanol–water partition coefficient (Wildman–Crippen LogP) is 4.17. The predicted molar refractivity (Wildman–Crippen MR) is 101 cm³/mol. The fourth-order valence-electron chi connectivity index (χ4n) is 2.29. The Morgan fingerprint density at radius 2 is 2.08 bits per heavy atom. The Bertz CT molecular complexity index is 1100. The molecule has 0 N–H and O–H groups in total. The Labute approximate surface area is 159 Å². The maximum Gasteiger partial charge on any atom is 0.277 e. The Kier molecular flexibility index (Phi) is 4.45. The molecule has 0 spiro atoms. The largest absolute Gasteiger partial charge is 0.411 e. The van der Waals surface area contributed by atoms with Crippen LogP contribution in [0.2, 0.25) is 0 Å². The van der Waals surface area contributed by atoms with Gasteiger partial charge in [-0.05, 0) is 31.2 Å². The third-order valence-corrected chi connectivity index (χ3v) is 5.79. The van der Waals surface area contributed by atoms with E-state index >= 15 is 0 Å². The van der Waals surface area contributed by atoms with Gasteiger partial charge in [0.2, 0.25) is 5.89 Å². The number of benzene rings is 1. The number of halogens is 1. The van der Waals surface area contributed by atoms with Crippen LogP contribution >= 0.6 is 39.0 Å². The highest BCUT2D eigenvalue weighted by Crippen LogP contribution is 2.26. The van der Waals surface area contributed by atoms with Crippen molar-refractivity contribution >= 4 is 44.0 Å². The summed E-state index contributed by atoms with van der Waals surface area (Å²) in [6.45, 7) is 1.89. The van der Waals surface area contributed by atoms with E-state index in [1.807, 2.05) is 36.6 Å². The Hall–Kier alpha value is -1.97. The van der Waals surface area contributed by atoms with Crippen LogP contribution in [0.3, 0.4) is 0 Å². The van der Waals surface area contributed by atoms with Gasteiger partial charge in [0.05, 0.1) is 5.69 Å². The van der Waals surface area contributed by atoms with E-state index in [1.165, 1.54) is 23.1 Å². The molecule has 126 valence electrons. The Balaban J connectivity index is 1.52. The lowest BCUT2D eigenvalue weighted by Gasteiger charge is -1.99. The molecule has 3 heterocycles. The van der Waals surface area contributed by atoms with Gasteiger partial charge in [-0.15, -0.1) is 21.5 Å². The highest BCUT2D eigenvalue weighted by Gasteiger charge is 2.11. The molecule has 4 rings (SSSR count). The van der Waals surface area contributed by atoms with E-state index in [2.05, 4.69) is 31.1 Å². The van der Waals surface area contributed by atoms with Crippen molar-refractivity contribution in [2.45, 2.75) is 17.9 Å². The zero-order chi connectivity index (χ0) is 17.4. The topological polar surface area (TPSA) is 73.3 Å². The highest BCUT2D eigenvalue weighted by molar-refractivity contribution is 9.10. The second kappa shape index (κ2) is 6.74. The molecule has 0 unspecified atom stereocenters. The first-order valence-electron chi connectivity index (χ1n) is 7.29. The second-order valence-corrected chi connectivity index (χ2v) is 7.93. The third kappa shape index (κ3) is 3.39. The van der Waals surface area contributed by atoms with Gasteiger partial charge in [-0.2, -0.15) is 0 Å². The van der Waals surface area contributed by atoms with Crippen LogP contribution in [0.4, 0.5) is 0 Å². The number of rotatable bonds is 4. The summed E-state index contributed by atoms with van der Waals surface area (Å²) < 4.78 is 8.27. The van der Waals surface area contributed by atoms with Gasteiger partial charge in [-0.1, -0.05) is 27.7 Å². The van der Waals surface area contributed by atoms with Gasteiger partial charge >= 0.3 is 0 Å². The molecule has 25 heavy (non-hydrogen) atoms. The Morgan fingerprint density at radius 3 is 2.88 bits per heavy atom. The number of fused-ring (bicyclic) bond motifs is 1. The van der Waals surface area contributed by atoms with E-state index in [0.717, 1.165) is 15.7 Å². The molecule has 4 aromatic rings. The van der Waals surface area contributed by atoms with Gasteiger partial charge in [-0.25, -0.2) is 4.98 Å². The molecule has 3 aromatic heterocycles. The van der Waals surface area contributed by atoms with Crippen LogP contribution in [0, 0.1) is 6.92 Å². The molecule has 0 saturated carbocycles. The van der Waals surface area contributed by atoms with E-state index in [9.17, 15) is 4.79 Å². The normalized spacial score (nSPS) is 11.3. The van der Waals surface area contributed by atoms with Crippen LogP contribution in [0.5, 0.6) is 0 Å². The summed E-state index contributed by atoms with van der Waals surface area (Å²) in [5.41, 5.74) is 2.38. The number of nitrogens with zero attached hydrogens (tertiary/aromatic N) is 4. The summed E-state index contributed by atoms with van der Waals surface area (Å²) in [4.78, 5) is 17.4. The molecular formula is C16H11BrN4O2S2. The van der Waals surface area contributed by atoms with Gasteiger partial charge in [0, 0.05) is 32.9 Å². The van der Waals surface area contributed by atoms with Crippen molar-refractivity contribution in [1.82, 2.24) is 19.6 Å². The molecule has 0 radical (unpaired) electrons. The fraction of sp³-hybridized carbons (Fsp3) is 0.125. The lowest BCUT2D eigenvalue weighted by Crippen LogP contribution is -2.14. The number of thiazole rings is 1. The maximum atomic E-state index is 12.2. The van der Waals surface area contributed by atoms with Gasteiger partial charge in [0.1, 0.15) is 0 Å². The van der Waals surface area contributed by atoms with Gasteiger partial charge in [0.25, 0.3) is 10.8 Å². The minimum Gasteiger partial charge on any atom is -0.411 e. The zero-order valence-electron chi connectivity index (χ0n) is 13.0. The molecule has 0 amide bonds. The summed E-state index contributed by atoms with van der Waals surface area (Å²) in [7, 11) is 0. The van der Waals surface area contributed by atoms with Crippen LogP contribution in [-0.4, -0.2) is 19.6 Å². The van der Waals surface area contributed by atoms with E-state index in [-0.39, 0.29) is 5.56 Å². The smallest absolute Gasteiger partial charge is 0.277 e. The molecule has 0 bridgehead atoms. The zero-order valence-corrected chi connectivity index (χ0v) is 16.2. The molecule has 0 aliphatic carbocycles. The number of hydrogen-bond acceptors (Lipinski definition) is 7. The average molecular weight is 435 g/mol. The first-order valence-corrected chi connectivity index (χ1v) is 9.95. The van der Waals surface area contributed by atoms with Crippen molar-refractivity contribution in [3.8, 4) is 11.5 Å². The van der Waals surface area contributed by atoms with Crippen LogP contribution in [-0.2, 0) is 5.75 Å². The number of hydrogen-bond donors (Lipinski definition) is 0. The van der Waals surface area contributed by atoms with Crippen molar-refractivity contribution in [2.75, 3.05) is 0 Å². The first-order chi connectivity index (χ1) is 12.1. The lowest BCUT2D eigenvalue weighted by molar-refractivity contribution is 0.466. The minimum atomic E-state index is -0.0690. The van der Waals surface area contributed by atoms with E-state index in [1.54, 1.807) is 10.5 Å². The maximum absolute atomic E-state index is 12.2. The van der Waals surface area contributed by atoms with Crippen molar-refractivity contribution in [2.24, 2.45) is 0 Å². The molecule has 0 saturated heterocycles. The van der Waals surface area contributed by atoms with E-state index in [0.29, 0.717) is 27.5 Å². The number of aryl methyl sites for hydroxylation is 1. The molecule has 0 aliphatic heterocycles. The van der Waals surface area contributed by atoms with Crippen LogP contribution in [0.25, 0.3) is 16.4 Å².